The van der Waals surface area contributed by atoms with Crippen LogP contribution in [-0.4, -0.2) is 9.78 Å². The summed E-state index contributed by atoms with van der Waals surface area (Å²) in [4.78, 5) is 0. The fourth-order valence-corrected chi connectivity index (χ4v) is 1.97. The van der Waals surface area contributed by atoms with E-state index in [4.69, 9.17) is 5.26 Å². The van der Waals surface area contributed by atoms with E-state index in [1.165, 1.54) is 5.56 Å². The van der Waals surface area contributed by atoms with Crippen LogP contribution >= 0.6 is 0 Å². The molecule has 2 aromatic carbocycles. The summed E-state index contributed by atoms with van der Waals surface area (Å²) in [6.45, 7) is 2.07. The maximum absolute atomic E-state index is 8.77. The molecule has 0 radical (unpaired) electrons. The number of rotatable bonds is 1. The van der Waals surface area contributed by atoms with Gasteiger partial charge in [-0.3, -0.25) is 0 Å². The van der Waals surface area contributed by atoms with Gasteiger partial charge in [0.05, 0.1) is 22.8 Å². The lowest BCUT2D eigenvalue weighted by atomic mass is 10.2. The van der Waals surface area contributed by atoms with Crippen LogP contribution < -0.4 is 0 Å². The number of hydrogen-bond donors (Lipinski definition) is 0. The van der Waals surface area contributed by atoms with Crippen molar-refractivity contribution in [3.05, 3.63) is 59.8 Å². The predicted octanol–water partition coefficient (Wildman–Crippen LogP) is 3.21. The highest BCUT2D eigenvalue weighted by atomic mass is 15.3. The van der Waals surface area contributed by atoms with Crippen LogP contribution in [0, 0.1) is 18.3 Å². The number of hydrogen-bond acceptors (Lipinski definition) is 2. The van der Waals surface area contributed by atoms with Crippen LogP contribution in [0.3, 0.4) is 0 Å². The Labute approximate surface area is 105 Å². The summed E-state index contributed by atoms with van der Waals surface area (Å²) in [5.74, 6) is 0. The SMILES string of the molecule is Cc1ccc2nn(-c3ccc(C#N)cc3)cc2c1. The summed E-state index contributed by atoms with van der Waals surface area (Å²) in [5.41, 5.74) is 3.82. The van der Waals surface area contributed by atoms with Crippen LogP contribution in [0.4, 0.5) is 0 Å². The van der Waals surface area contributed by atoms with Crippen molar-refractivity contribution >= 4 is 10.9 Å². The number of aryl methyl sites for hydroxylation is 1. The smallest absolute Gasteiger partial charge is 0.0991 e. The number of benzene rings is 2. The van der Waals surface area contributed by atoms with E-state index in [1.54, 1.807) is 12.1 Å². The van der Waals surface area contributed by atoms with Crippen LogP contribution in [0.2, 0.25) is 0 Å². The van der Waals surface area contributed by atoms with E-state index in [0.29, 0.717) is 5.56 Å². The van der Waals surface area contributed by atoms with E-state index in [0.717, 1.165) is 16.6 Å². The number of aromatic nitrogens is 2. The largest absolute Gasteiger partial charge is 0.240 e. The normalized spacial score (nSPS) is 10.4. The number of nitrogens with zero attached hydrogens (tertiary/aromatic N) is 3. The van der Waals surface area contributed by atoms with E-state index >= 15 is 0 Å². The molecular formula is C15H11N3. The maximum atomic E-state index is 8.77. The van der Waals surface area contributed by atoms with Gasteiger partial charge in [0, 0.05) is 11.6 Å². The second kappa shape index (κ2) is 4.01. The van der Waals surface area contributed by atoms with Crippen molar-refractivity contribution in [3.63, 3.8) is 0 Å². The average molecular weight is 233 g/mol. The first-order chi connectivity index (χ1) is 8.76. The Morgan fingerprint density at radius 2 is 1.89 bits per heavy atom. The molecule has 0 bridgehead atoms. The van der Waals surface area contributed by atoms with Gasteiger partial charge in [-0.2, -0.15) is 10.4 Å². The molecule has 0 aliphatic carbocycles. The lowest BCUT2D eigenvalue weighted by Crippen LogP contribution is -1.93. The highest BCUT2D eigenvalue weighted by Crippen LogP contribution is 2.17. The monoisotopic (exact) mass is 233 g/mol. The van der Waals surface area contributed by atoms with Gasteiger partial charge in [0.2, 0.25) is 0 Å². The molecule has 0 aliphatic rings. The van der Waals surface area contributed by atoms with E-state index in [2.05, 4.69) is 30.2 Å². The first kappa shape index (κ1) is 10.5. The predicted molar refractivity (Wildman–Crippen MR) is 70.5 cm³/mol. The Bertz CT molecular complexity index is 745. The van der Waals surface area contributed by atoms with Gasteiger partial charge in [-0.25, -0.2) is 4.68 Å². The molecule has 1 aromatic heterocycles. The van der Waals surface area contributed by atoms with Gasteiger partial charge in [0.15, 0.2) is 0 Å². The van der Waals surface area contributed by atoms with Gasteiger partial charge in [-0.15, -0.1) is 0 Å². The van der Waals surface area contributed by atoms with Crippen LogP contribution in [0.5, 0.6) is 0 Å². The van der Waals surface area contributed by atoms with Crippen LogP contribution in [-0.2, 0) is 0 Å². The van der Waals surface area contributed by atoms with Gasteiger partial charge in [-0.05, 0) is 43.3 Å². The summed E-state index contributed by atoms with van der Waals surface area (Å²) in [6, 6.07) is 15.7. The molecule has 0 fully saturated rings. The summed E-state index contributed by atoms with van der Waals surface area (Å²) in [5, 5.41) is 14.4. The van der Waals surface area contributed by atoms with Crippen LogP contribution in [0.1, 0.15) is 11.1 Å². The summed E-state index contributed by atoms with van der Waals surface area (Å²) in [7, 11) is 0. The zero-order valence-corrected chi connectivity index (χ0v) is 9.96. The van der Waals surface area contributed by atoms with Gasteiger partial charge in [-0.1, -0.05) is 11.6 Å². The molecule has 0 saturated carbocycles. The molecule has 0 N–H and O–H groups in total. The minimum Gasteiger partial charge on any atom is -0.240 e. The first-order valence-electron chi connectivity index (χ1n) is 5.73. The number of fused-ring (bicyclic) bond motifs is 1. The van der Waals surface area contributed by atoms with Crippen molar-refractivity contribution in [2.24, 2.45) is 0 Å². The third-order valence-corrected chi connectivity index (χ3v) is 2.92. The van der Waals surface area contributed by atoms with Crippen molar-refractivity contribution in [2.45, 2.75) is 6.92 Å². The third kappa shape index (κ3) is 1.74. The van der Waals surface area contributed by atoms with E-state index in [9.17, 15) is 0 Å². The van der Waals surface area contributed by atoms with Crippen molar-refractivity contribution in [2.75, 3.05) is 0 Å². The molecule has 0 amide bonds. The molecule has 0 spiro atoms. The Morgan fingerprint density at radius 1 is 1.11 bits per heavy atom. The third-order valence-electron chi connectivity index (χ3n) is 2.92. The second-order valence-electron chi connectivity index (χ2n) is 4.29. The molecule has 86 valence electrons. The van der Waals surface area contributed by atoms with Gasteiger partial charge in [0.25, 0.3) is 0 Å². The summed E-state index contributed by atoms with van der Waals surface area (Å²) < 4.78 is 1.84. The van der Waals surface area contributed by atoms with E-state index in [1.807, 2.05) is 29.1 Å². The molecule has 3 heteroatoms. The molecule has 1 heterocycles. The standard InChI is InChI=1S/C15H11N3/c1-11-2-7-15-13(8-11)10-18(17-15)14-5-3-12(9-16)4-6-14/h2-8,10H,1H3. The topological polar surface area (TPSA) is 41.6 Å². The fourth-order valence-electron chi connectivity index (χ4n) is 1.97. The van der Waals surface area contributed by atoms with Crippen molar-refractivity contribution in [1.29, 1.82) is 5.26 Å². The fraction of sp³-hybridized carbons (Fsp3) is 0.0667. The quantitative estimate of drug-likeness (QED) is 0.647. The Balaban J connectivity index is 2.10. The van der Waals surface area contributed by atoms with E-state index in [-0.39, 0.29) is 0 Å². The molecule has 3 aromatic rings. The van der Waals surface area contributed by atoms with Gasteiger partial charge >= 0.3 is 0 Å². The average Bonchev–Trinajstić information content (AvgIpc) is 2.81. The van der Waals surface area contributed by atoms with E-state index < -0.39 is 0 Å². The minimum absolute atomic E-state index is 0.659. The van der Waals surface area contributed by atoms with Crippen LogP contribution in [0.25, 0.3) is 16.6 Å². The van der Waals surface area contributed by atoms with Gasteiger partial charge < -0.3 is 0 Å². The highest BCUT2D eigenvalue weighted by molar-refractivity contribution is 5.79. The molecule has 3 nitrogen and oxygen atoms in total. The highest BCUT2D eigenvalue weighted by Gasteiger charge is 2.02. The Morgan fingerprint density at radius 3 is 2.61 bits per heavy atom. The van der Waals surface area contributed by atoms with Crippen molar-refractivity contribution in [1.82, 2.24) is 9.78 Å². The molecule has 3 rings (SSSR count). The molecular weight excluding hydrogens is 222 g/mol. The zero-order valence-electron chi connectivity index (χ0n) is 9.96. The molecule has 18 heavy (non-hydrogen) atoms. The Hall–Kier alpha value is -2.60. The van der Waals surface area contributed by atoms with Crippen molar-refractivity contribution < 1.29 is 0 Å². The lowest BCUT2D eigenvalue weighted by Gasteiger charge is -1.99. The minimum atomic E-state index is 0.659. The van der Waals surface area contributed by atoms with Crippen molar-refractivity contribution in [3.8, 4) is 11.8 Å². The first-order valence-corrected chi connectivity index (χ1v) is 5.73. The zero-order chi connectivity index (χ0) is 12.5. The van der Waals surface area contributed by atoms with Crippen LogP contribution in [0.15, 0.2) is 48.7 Å². The lowest BCUT2D eigenvalue weighted by molar-refractivity contribution is 0.896. The second-order valence-corrected chi connectivity index (χ2v) is 4.29. The summed E-state index contributed by atoms with van der Waals surface area (Å²) >= 11 is 0. The molecule has 0 aliphatic heterocycles. The van der Waals surface area contributed by atoms with Gasteiger partial charge in [0.1, 0.15) is 0 Å². The molecule has 0 saturated heterocycles. The number of nitriles is 1. The maximum Gasteiger partial charge on any atom is 0.0991 e. The molecule has 0 unspecified atom stereocenters. The Kier molecular flexibility index (Phi) is 2.35. The summed E-state index contributed by atoms with van der Waals surface area (Å²) in [6.07, 6.45) is 2.00. The molecule has 0 atom stereocenters.